The third-order valence-corrected chi connectivity index (χ3v) is 6.68. The predicted octanol–water partition coefficient (Wildman–Crippen LogP) is 3.14. The van der Waals surface area contributed by atoms with Crippen LogP contribution >= 0.6 is 0 Å². The van der Waals surface area contributed by atoms with Crippen molar-refractivity contribution in [2.45, 2.75) is 18.0 Å². The number of aryl methyl sites for hydroxylation is 1. The fraction of sp³-hybridized carbons (Fsp3) is 0.273. The molecule has 1 saturated heterocycles. The second-order valence-electron chi connectivity index (χ2n) is 7.96. The Labute approximate surface area is 203 Å². The van der Waals surface area contributed by atoms with Crippen LogP contribution in [0.1, 0.15) is 11.3 Å². The first-order chi connectivity index (χ1) is 17.1. The van der Waals surface area contributed by atoms with Crippen LogP contribution in [0.3, 0.4) is 0 Å². The van der Waals surface area contributed by atoms with E-state index in [1.54, 1.807) is 17.0 Å². The molecule has 10 nitrogen and oxygen atoms in total. The van der Waals surface area contributed by atoms with E-state index < -0.39 is 22.0 Å². The van der Waals surface area contributed by atoms with Crippen molar-refractivity contribution < 1.29 is 30.5 Å². The van der Waals surface area contributed by atoms with Gasteiger partial charge in [0.25, 0.3) is 5.88 Å². The topological polar surface area (TPSA) is 112 Å². The summed E-state index contributed by atoms with van der Waals surface area (Å²) in [7, 11) is -4.29. The molecule has 4 heterocycles. The first kappa shape index (κ1) is 23.9. The Morgan fingerprint density at radius 2 is 1.75 bits per heavy atom. The molecule has 0 aliphatic carbocycles. The lowest BCUT2D eigenvalue weighted by atomic mass is 10.2. The Morgan fingerprint density at radius 1 is 1.03 bits per heavy atom. The van der Waals surface area contributed by atoms with Crippen molar-refractivity contribution >= 4 is 27.2 Å². The third kappa shape index (κ3) is 4.68. The molecule has 0 spiro atoms. The summed E-state index contributed by atoms with van der Waals surface area (Å²) in [5, 5.41) is 0. The van der Waals surface area contributed by atoms with Gasteiger partial charge in [-0.1, -0.05) is 17.7 Å². The first-order valence-corrected chi connectivity index (χ1v) is 12.2. The van der Waals surface area contributed by atoms with Gasteiger partial charge in [0, 0.05) is 19.3 Å². The highest BCUT2D eigenvalue weighted by Gasteiger charge is 2.33. The molecule has 36 heavy (non-hydrogen) atoms. The molecular weight excluding hydrogens is 501 g/mol. The van der Waals surface area contributed by atoms with Crippen molar-refractivity contribution in [3.05, 3.63) is 60.2 Å². The molecule has 14 heteroatoms. The van der Waals surface area contributed by atoms with Crippen LogP contribution in [0, 0.1) is 6.92 Å². The largest absolute Gasteiger partial charge is 0.433 e. The number of halogens is 3. The summed E-state index contributed by atoms with van der Waals surface area (Å²) >= 11 is 0. The fourth-order valence-electron chi connectivity index (χ4n) is 3.60. The summed E-state index contributed by atoms with van der Waals surface area (Å²) in [5.41, 5.74) is -0.114. The Kier molecular flexibility index (Phi) is 6.00. The zero-order chi connectivity index (χ0) is 25.5. The van der Waals surface area contributed by atoms with Gasteiger partial charge in [-0.3, -0.25) is 9.55 Å². The van der Waals surface area contributed by atoms with E-state index in [1.165, 1.54) is 29.1 Å². The number of hydrogen-bond donors (Lipinski definition) is 0. The van der Waals surface area contributed by atoms with Crippen molar-refractivity contribution in [1.29, 1.82) is 0 Å². The number of morpholine rings is 1. The highest BCUT2D eigenvalue weighted by atomic mass is 32.2. The SMILES string of the molecule is Cc1ccc(S(=O)(=O)Oc2nc(N3CCOCC3)nc3c2ncn3-c2ccnc(C(F)(F)F)c2)cc1. The van der Waals surface area contributed by atoms with Crippen LogP contribution in [0.4, 0.5) is 19.1 Å². The van der Waals surface area contributed by atoms with Gasteiger partial charge in [0.2, 0.25) is 5.95 Å². The molecule has 3 aromatic heterocycles. The summed E-state index contributed by atoms with van der Waals surface area (Å²) in [6.07, 6.45) is -2.41. The number of hydrogen-bond acceptors (Lipinski definition) is 9. The highest BCUT2D eigenvalue weighted by molar-refractivity contribution is 7.87. The van der Waals surface area contributed by atoms with Crippen LogP contribution in [0.5, 0.6) is 5.88 Å². The second-order valence-corrected chi connectivity index (χ2v) is 9.51. The highest BCUT2D eigenvalue weighted by Crippen LogP contribution is 2.32. The third-order valence-electron chi connectivity index (χ3n) is 5.46. The average Bonchev–Trinajstić information content (AvgIpc) is 3.29. The van der Waals surface area contributed by atoms with Crippen LogP contribution in [0.25, 0.3) is 16.9 Å². The standard InChI is InChI=1S/C22H19F3N6O4S/c1-14-2-4-16(5-3-14)36(32,33)35-20-18-19(28-21(29-20)30-8-10-34-11-9-30)31(13-27-18)15-6-7-26-17(12-15)22(23,24)25/h2-7,12-13H,8-11H2,1H3. The smallest absolute Gasteiger partial charge is 0.378 e. The number of anilines is 1. The van der Waals surface area contributed by atoms with Gasteiger partial charge in [-0.15, -0.1) is 0 Å². The van der Waals surface area contributed by atoms with Crippen LogP contribution in [0.15, 0.2) is 53.8 Å². The maximum Gasteiger partial charge on any atom is 0.433 e. The van der Waals surface area contributed by atoms with Crippen molar-refractivity contribution in [2.24, 2.45) is 0 Å². The molecule has 0 unspecified atom stereocenters. The minimum absolute atomic E-state index is 0.0342. The molecule has 0 bridgehead atoms. The molecule has 1 aliphatic heterocycles. The molecule has 0 saturated carbocycles. The molecule has 4 aromatic rings. The van der Waals surface area contributed by atoms with E-state index in [4.69, 9.17) is 8.92 Å². The number of alkyl halides is 3. The quantitative estimate of drug-likeness (QED) is 0.366. The first-order valence-electron chi connectivity index (χ1n) is 10.7. The van der Waals surface area contributed by atoms with Crippen molar-refractivity contribution in [2.75, 3.05) is 31.2 Å². The summed E-state index contributed by atoms with van der Waals surface area (Å²) in [6, 6.07) is 8.26. The molecule has 1 aliphatic rings. The number of imidazole rings is 1. The van der Waals surface area contributed by atoms with Gasteiger partial charge in [0.1, 0.15) is 16.9 Å². The fourth-order valence-corrected chi connectivity index (χ4v) is 4.49. The number of benzene rings is 1. The zero-order valence-corrected chi connectivity index (χ0v) is 19.6. The number of pyridine rings is 1. The Bertz CT molecular complexity index is 1520. The zero-order valence-electron chi connectivity index (χ0n) is 18.8. The minimum atomic E-state index is -4.66. The number of fused-ring (bicyclic) bond motifs is 1. The minimum Gasteiger partial charge on any atom is -0.378 e. The van der Waals surface area contributed by atoms with Crippen LogP contribution in [-0.2, 0) is 21.0 Å². The van der Waals surface area contributed by atoms with E-state index in [9.17, 15) is 21.6 Å². The van der Waals surface area contributed by atoms with Crippen LogP contribution < -0.4 is 9.08 Å². The average molecular weight is 520 g/mol. The lowest BCUT2D eigenvalue weighted by molar-refractivity contribution is -0.141. The number of ether oxygens (including phenoxy) is 1. The van der Waals surface area contributed by atoms with E-state index in [0.29, 0.717) is 26.3 Å². The molecule has 0 radical (unpaired) electrons. The normalized spacial score (nSPS) is 14.8. The second kappa shape index (κ2) is 9.02. The number of aromatic nitrogens is 5. The van der Waals surface area contributed by atoms with Crippen LogP contribution in [0.2, 0.25) is 0 Å². The van der Waals surface area contributed by atoms with Gasteiger partial charge >= 0.3 is 16.3 Å². The van der Waals surface area contributed by atoms with E-state index in [2.05, 4.69) is 19.9 Å². The maximum absolute atomic E-state index is 13.2. The molecule has 5 rings (SSSR count). The Morgan fingerprint density at radius 3 is 2.44 bits per heavy atom. The van der Waals surface area contributed by atoms with Gasteiger partial charge in [-0.05, 0) is 31.2 Å². The van der Waals surface area contributed by atoms with Gasteiger partial charge in [-0.25, -0.2) is 4.98 Å². The van der Waals surface area contributed by atoms with Gasteiger partial charge in [0.15, 0.2) is 11.2 Å². The number of nitrogens with zero attached hydrogens (tertiary/aromatic N) is 6. The van der Waals surface area contributed by atoms with E-state index in [-0.39, 0.29) is 33.6 Å². The monoisotopic (exact) mass is 520 g/mol. The summed E-state index contributed by atoms with van der Waals surface area (Å²) in [4.78, 5) is 18.0. The lowest BCUT2D eigenvalue weighted by Crippen LogP contribution is -2.37. The van der Waals surface area contributed by atoms with Crippen molar-refractivity contribution in [1.82, 2.24) is 24.5 Å². The Balaban J connectivity index is 1.64. The Hall–Kier alpha value is -3.78. The van der Waals surface area contributed by atoms with Gasteiger partial charge in [-0.2, -0.15) is 31.6 Å². The lowest BCUT2D eigenvalue weighted by Gasteiger charge is -2.26. The molecule has 188 valence electrons. The van der Waals surface area contributed by atoms with Crippen molar-refractivity contribution in [3.8, 4) is 11.6 Å². The van der Waals surface area contributed by atoms with Gasteiger partial charge in [0.05, 0.1) is 18.9 Å². The van der Waals surface area contributed by atoms with Gasteiger partial charge < -0.3 is 13.8 Å². The molecule has 0 atom stereocenters. The summed E-state index contributed by atoms with van der Waals surface area (Å²) in [5.74, 6) is -0.210. The molecule has 0 N–H and O–H groups in total. The van der Waals surface area contributed by atoms with E-state index in [0.717, 1.165) is 17.8 Å². The van der Waals surface area contributed by atoms with E-state index in [1.807, 2.05) is 6.92 Å². The summed E-state index contributed by atoms with van der Waals surface area (Å²) < 4.78 is 77.8. The molecule has 1 aromatic carbocycles. The van der Waals surface area contributed by atoms with E-state index >= 15 is 0 Å². The molecular formula is C22H19F3N6O4S. The van der Waals surface area contributed by atoms with Crippen molar-refractivity contribution in [3.63, 3.8) is 0 Å². The number of rotatable bonds is 5. The molecule has 0 amide bonds. The van der Waals surface area contributed by atoms with Crippen LogP contribution in [-0.4, -0.2) is 59.2 Å². The maximum atomic E-state index is 13.2. The summed E-state index contributed by atoms with van der Waals surface area (Å²) in [6.45, 7) is 3.47. The molecule has 1 fully saturated rings. The predicted molar refractivity (Wildman–Crippen MR) is 121 cm³/mol.